The lowest BCUT2D eigenvalue weighted by Gasteiger charge is -2.37. The van der Waals surface area contributed by atoms with Gasteiger partial charge >= 0.3 is 0 Å². The van der Waals surface area contributed by atoms with Crippen molar-refractivity contribution in [2.24, 2.45) is 0 Å². The van der Waals surface area contributed by atoms with Crippen LogP contribution in [0.15, 0.2) is 22.9 Å². The lowest BCUT2D eigenvalue weighted by molar-refractivity contribution is 0.164. The number of hydrogen-bond donors (Lipinski definition) is 0. The molecule has 0 saturated carbocycles. The van der Waals surface area contributed by atoms with Gasteiger partial charge < -0.3 is 9.42 Å². The van der Waals surface area contributed by atoms with Crippen LogP contribution in [-0.2, 0) is 5.41 Å². The summed E-state index contributed by atoms with van der Waals surface area (Å²) in [6.45, 7) is 11.8. The second-order valence-electron chi connectivity index (χ2n) is 7.42. The Hall–Kier alpha value is -2.46. The number of hydrogen-bond acceptors (Lipinski definition) is 7. The van der Waals surface area contributed by atoms with E-state index < -0.39 is 0 Å². The molecule has 3 heterocycles. The standard InChI is InChI=1S/C18H24N6O/c1-13(16-21-17(22-25-16)18(2,3)4)23-7-9-24(10-8-23)15-11-14(12-19)5-6-20-15/h5-6,11,13H,7-10H2,1-4H3/t13-/m0/s1. The van der Waals surface area contributed by atoms with Crippen LogP contribution in [0.1, 0.15) is 51.0 Å². The monoisotopic (exact) mass is 340 g/mol. The highest BCUT2D eigenvalue weighted by Crippen LogP contribution is 2.25. The summed E-state index contributed by atoms with van der Waals surface area (Å²) in [5.74, 6) is 2.27. The topological polar surface area (TPSA) is 82.1 Å². The van der Waals surface area contributed by atoms with Crippen molar-refractivity contribution in [2.75, 3.05) is 31.1 Å². The Labute approximate surface area is 148 Å². The smallest absolute Gasteiger partial charge is 0.243 e. The van der Waals surface area contributed by atoms with Gasteiger partial charge in [-0.3, -0.25) is 4.90 Å². The first kappa shape index (κ1) is 17.4. The second kappa shape index (κ2) is 6.81. The summed E-state index contributed by atoms with van der Waals surface area (Å²) < 4.78 is 5.48. The molecule has 1 atom stereocenters. The molecule has 1 fully saturated rings. The molecule has 3 rings (SSSR count). The number of nitriles is 1. The first-order chi connectivity index (χ1) is 11.9. The number of rotatable bonds is 3. The molecular weight excluding hydrogens is 316 g/mol. The molecule has 0 aliphatic carbocycles. The molecule has 7 nitrogen and oxygen atoms in total. The third-order valence-corrected chi connectivity index (χ3v) is 4.53. The normalized spacial score (nSPS) is 17.3. The van der Waals surface area contributed by atoms with Crippen molar-refractivity contribution >= 4 is 5.82 Å². The van der Waals surface area contributed by atoms with E-state index in [0.717, 1.165) is 37.8 Å². The molecule has 0 aromatic carbocycles. The SMILES string of the molecule is C[C@@H](c1nc(C(C)(C)C)no1)N1CCN(c2cc(C#N)ccn2)CC1. The summed E-state index contributed by atoms with van der Waals surface area (Å²) in [4.78, 5) is 13.5. The third-order valence-electron chi connectivity index (χ3n) is 4.53. The number of anilines is 1. The summed E-state index contributed by atoms with van der Waals surface area (Å²) in [6, 6.07) is 5.82. The predicted octanol–water partition coefficient (Wildman–Crippen LogP) is 2.52. The zero-order chi connectivity index (χ0) is 18.0. The van der Waals surface area contributed by atoms with E-state index >= 15 is 0 Å². The van der Waals surface area contributed by atoms with Gasteiger partial charge in [-0.15, -0.1) is 0 Å². The van der Waals surface area contributed by atoms with Crippen LogP contribution in [0, 0.1) is 11.3 Å². The van der Waals surface area contributed by atoms with Crippen molar-refractivity contribution < 1.29 is 4.52 Å². The molecule has 0 amide bonds. The highest BCUT2D eigenvalue weighted by atomic mass is 16.5. The summed E-state index contributed by atoms with van der Waals surface area (Å²) in [7, 11) is 0. The fourth-order valence-corrected chi connectivity index (χ4v) is 2.86. The van der Waals surface area contributed by atoms with Crippen LogP contribution < -0.4 is 4.90 Å². The molecule has 2 aromatic rings. The summed E-state index contributed by atoms with van der Waals surface area (Å²) >= 11 is 0. The molecule has 25 heavy (non-hydrogen) atoms. The van der Waals surface area contributed by atoms with Gasteiger partial charge in [0.15, 0.2) is 5.82 Å². The van der Waals surface area contributed by atoms with Gasteiger partial charge in [0.1, 0.15) is 5.82 Å². The molecule has 0 bridgehead atoms. The largest absolute Gasteiger partial charge is 0.354 e. The lowest BCUT2D eigenvalue weighted by atomic mass is 9.96. The van der Waals surface area contributed by atoms with Crippen molar-refractivity contribution in [3.8, 4) is 6.07 Å². The minimum absolute atomic E-state index is 0.0872. The van der Waals surface area contributed by atoms with Crippen molar-refractivity contribution in [1.82, 2.24) is 20.0 Å². The Bertz CT molecular complexity index is 764. The Balaban J connectivity index is 1.63. The Kier molecular flexibility index (Phi) is 4.73. The van der Waals surface area contributed by atoms with Gasteiger partial charge in [-0.25, -0.2) is 4.98 Å². The summed E-state index contributed by atoms with van der Waals surface area (Å²) in [6.07, 6.45) is 1.69. The summed E-state index contributed by atoms with van der Waals surface area (Å²) in [5, 5.41) is 13.2. The molecule has 1 saturated heterocycles. The van der Waals surface area contributed by atoms with Crippen LogP contribution in [0.3, 0.4) is 0 Å². The van der Waals surface area contributed by atoms with Gasteiger partial charge in [0.25, 0.3) is 0 Å². The van der Waals surface area contributed by atoms with Gasteiger partial charge in [0.2, 0.25) is 5.89 Å². The van der Waals surface area contributed by atoms with Crippen LogP contribution in [0.5, 0.6) is 0 Å². The number of piperazine rings is 1. The third kappa shape index (κ3) is 3.80. The predicted molar refractivity (Wildman–Crippen MR) is 94.2 cm³/mol. The Morgan fingerprint density at radius 1 is 1.24 bits per heavy atom. The number of aromatic nitrogens is 3. The van der Waals surface area contributed by atoms with E-state index in [4.69, 9.17) is 9.78 Å². The molecule has 7 heteroatoms. The van der Waals surface area contributed by atoms with Gasteiger partial charge in [-0.2, -0.15) is 10.2 Å². The molecule has 1 aliphatic heterocycles. The van der Waals surface area contributed by atoms with Crippen molar-refractivity contribution in [3.05, 3.63) is 35.6 Å². The van der Waals surface area contributed by atoms with E-state index in [9.17, 15) is 0 Å². The van der Waals surface area contributed by atoms with E-state index in [0.29, 0.717) is 11.5 Å². The van der Waals surface area contributed by atoms with E-state index in [1.54, 1.807) is 12.3 Å². The van der Waals surface area contributed by atoms with Crippen molar-refractivity contribution in [2.45, 2.75) is 39.2 Å². The quantitative estimate of drug-likeness (QED) is 0.849. The number of pyridine rings is 1. The maximum absolute atomic E-state index is 9.03. The molecule has 2 aromatic heterocycles. The van der Waals surface area contributed by atoms with Gasteiger partial charge in [0, 0.05) is 37.8 Å². The van der Waals surface area contributed by atoms with Gasteiger partial charge in [-0.1, -0.05) is 25.9 Å². The second-order valence-corrected chi connectivity index (χ2v) is 7.42. The van der Waals surface area contributed by atoms with Crippen molar-refractivity contribution in [3.63, 3.8) is 0 Å². The van der Waals surface area contributed by atoms with E-state index in [1.165, 1.54) is 0 Å². The van der Waals surface area contributed by atoms with Gasteiger partial charge in [0.05, 0.1) is 17.7 Å². The Morgan fingerprint density at radius 2 is 1.96 bits per heavy atom. The highest BCUT2D eigenvalue weighted by molar-refractivity contribution is 5.45. The zero-order valence-corrected chi connectivity index (χ0v) is 15.2. The molecule has 132 valence electrons. The average Bonchev–Trinajstić information content (AvgIpc) is 3.12. The van der Waals surface area contributed by atoms with Crippen molar-refractivity contribution in [1.29, 1.82) is 5.26 Å². The molecular formula is C18H24N6O. The lowest BCUT2D eigenvalue weighted by Crippen LogP contribution is -2.47. The van der Waals surface area contributed by atoms with Crippen LogP contribution in [0.4, 0.5) is 5.82 Å². The summed E-state index contributed by atoms with van der Waals surface area (Å²) in [5.41, 5.74) is 0.527. The molecule has 0 unspecified atom stereocenters. The Morgan fingerprint density at radius 3 is 2.56 bits per heavy atom. The van der Waals surface area contributed by atoms with E-state index in [2.05, 4.69) is 58.7 Å². The number of nitrogens with zero attached hydrogens (tertiary/aromatic N) is 6. The minimum Gasteiger partial charge on any atom is -0.354 e. The van der Waals surface area contributed by atoms with Crippen LogP contribution >= 0.6 is 0 Å². The first-order valence-electron chi connectivity index (χ1n) is 8.58. The zero-order valence-electron chi connectivity index (χ0n) is 15.2. The first-order valence-corrected chi connectivity index (χ1v) is 8.58. The molecule has 1 aliphatic rings. The van der Waals surface area contributed by atoms with Crippen LogP contribution in [0.2, 0.25) is 0 Å². The van der Waals surface area contributed by atoms with E-state index in [1.807, 2.05) is 6.07 Å². The molecule has 0 N–H and O–H groups in total. The van der Waals surface area contributed by atoms with Crippen LogP contribution in [0.25, 0.3) is 0 Å². The highest BCUT2D eigenvalue weighted by Gasteiger charge is 2.28. The molecule has 0 spiro atoms. The maximum atomic E-state index is 9.03. The fraction of sp³-hybridized carbons (Fsp3) is 0.556. The van der Waals surface area contributed by atoms with Gasteiger partial charge in [-0.05, 0) is 19.1 Å². The fourth-order valence-electron chi connectivity index (χ4n) is 2.86. The molecule has 0 radical (unpaired) electrons. The maximum Gasteiger partial charge on any atom is 0.243 e. The minimum atomic E-state index is -0.113. The average molecular weight is 340 g/mol. The van der Waals surface area contributed by atoms with E-state index in [-0.39, 0.29) is 11.5 Å². The van der Waals surface area contributed by atoms with Crippen LogP contribution in [-0.4, -0.2) is 46.2 Å².